The SMILES string of the molecule is CCC(CC)N(CCCN(C)C(=O)OC(C)(C)C)Cc1cccc(C(=O)Nc2sc3c(c2C(=O)Nc2ccc(CCc4ccc(C(=O)OC)cc4)cc2)CCCC3)c1. The molecule has 11 heteroatoms. The van der Waals surface area contributed by atoms with E-state index in [4.69, 9.17) is 9.47 Å². The molecule has 0 aliphatic heterocycles. The lowest BCUT2D eigenvalue weighted by Gasteiger charge is -2.31. The molecular weight excluding hydrogens is 749 g/mol. The van der Waals surface area contributed by atoms with Gasteiger partial charge < -0.3 is 25.0 Å². The number of nitrogens with one attached hydrogen (secondary N) is 2. The number of carbonyl (C=O) groups excluding carboxylic acids is 4. The third kappa shape index (κ3) is 12.3. The number of aryl methyl sites for hydroxylation is 3. The number of ether oxygens (including phenoxy) is 2. The zero-order chi connectivity index (χ0) is 41.8. The molecule has 0 unspecified atom stereocenters. The largest absolute Gasteiger partial charge is 0.465 e. The molecule has 1 aromatic heterocycles. The molecule has 310 valence electrons. The fourth-order valence-electron chi connectivity index (χ4n) is 7.42. The highest BCUT2D eigenvalue weighted by molar-refractivity contribution is 7.17. The molecule has 1 aliphatic rings. The normalized spacial score (nSPS) is 12.6. The van der Waals surface area contributed by atoms with Gasteiger partial charge in [-0.3, -0.25) is 14.5 Å². The van der Waals surface area contributed by atoms with Crippen LogP contribution in [-0.2, 0) is 41.7 Å². The molecule has 0 radical (unpaired) electrons. The number of amides is 3. The Balaban J connectivity index is 1.23. The molecule has 10 nitrogen and oxygen atoms in total. The number of carbonyl (C=O) groups is 4. The maximum atomic E-state index is 14.0. The average Bonchev–Trinajstić information content (AvgIpc) is 3.58. The Morgan fingerprint density at radius 3 is 2.09 bits per heavy atom. The second-order valence-electron chi connectivity index (χ2n) is 16.1. The van der Waals surface area contributed by atoms with E-state index in [2.05, 4.69) is 35.4 Å². The van der Waals surface area contributed by atoms with Gasteiger partial charge in [0, 0.05) is 48.9 Å². The van der Waals surface area contributed by atoms with E-state index in [1.54, 1.807) is 24.1 Å². The quantitative estimate of drug-likeness (QED) is 0.102. The number of benzene rings is 3. The molecule has 0 saturated carbocycles. The maximum absolute atomic E-state index is 14.0. The number of anilines is 2. The standard InChI is InChI=1S/C47H60N4O6S/c1-8-38(9-2)51(29-13-28-50(6)46(55)57-47(3,4)5)31-34-14-12-15-36(30-34)42(52)49-44-41(39-16-10-11-17-40(39)58-44)43(53)48-37-26-22-33(23-27-37)19-18-32-20-24-35(25-21-32)45(54)56-7/h12,14-15,20-27,30,38H,8-11,13,16-19,28-29,31H2,1-7H3,(H,48,53)(H,49,52). The number of hydrogen-bond donors (Lipinski definition) is 2. The van der Waals surface area contributed by atoms with Crippen molar-refractivity contribution in [3.8, 4) is 0 Å². The molecule has 0 spiro atoms. The van der Waals surface area contributed by atoms with Crippen LogP contribution in [0.25, 0.3) is 0 Å². The number of hydrogen-bond acceptors (Lipinski definition) is 8. The lowest BCUT2D eigenvalue weighted by atomic mass is 9.95. The van der Waals surface area contributed by atoms with Crippen LogP contribution < -0.4 is 10.6 Å². The van der Waals surface area contributed by atoms with Crippen molar-refractivity contribution in [1.82, 2.24) is 9.80 Å². The van der Waals surface area contributed by atoms with Crippen molar-refractivity contribution >= 4 is 45.9 Å². The van der Waals surface area contributed by atoms with Gasteiger partial charge in [0.2, 0.25) is 0 Å². The van der Waals surface area contributed by atoms with Crippen molar-refractivity contribution in [2.24, 2.45) is 0 Å². The fraction of sp³-hybridized carbons (Fsp3) is 0.447. The first kappa shape index (κ1) is 44.1. The highest BCUT2D eigenvalue weighted by Crippen LogP contribution is 2.39. The molecule has 4 aromatic rings. The zero-order valence-corrected chi connectivity index (χ0v) is 36.1. The summed E-state index contributed by atoms with van der Waals surface area (Å²) in [7, 11) is 3.15. The van der Waals surface area contributed by atoms with Gasteiger partial charge in [0.05, 0.1) is 18.2 Å². The Hall–Kier alpha value is -5.00. The van der Waals surface area contributed by atoms with Gasteiger partial charge in [0.1, 0.15) is 10.6 Å². The van der Waals surface area contributed by atoms with Crippen LogP contribution >= 0.6 is 11.3 Å². The first-order chi connectivity index (χ1) is 27.8. The number of thiophene rings is 1. The van der Waals surface area contributed by atoms with Gasteiger partial charge in [-0.1, -0.05) is 50.2 Å². The van der Waals surface area contributed by atoms with E-state index < -0.39 is 5.60 Å². The van der Waals surface area contributed by atoms with Crippen molar-refractivity contribution < 1.29 is 28.7 Å². The molecule has 1 heterocycles. The van der Waals surface area contributed by atoms with Crippen LogP contribution in [0.3, 0.4) is 0 Å². The minimum atomic E-state index is -0.540. The first-order valence-electron chi connectivity index (χ1n) is 20.6. The van der Waals surface area contributed by atoms with E-state index in [0.717, 1.165) is 91.5 Å². The molecule has 0 bridgehead atoms. The van der Waals surface area contributed by atoms with Crippen molar-refractivity contribution in [2.45, 2.75) is 111 Å². The van der Waals surface area contributed by atoms with Crippen LogP contribution in [0.1, 0.15) is 125 Å². The minimum absolute atomic E-state index is 0.222. The molecule has 0 atom stereocenters. The van der Waals surface area contributed by atoms with Crippen LogP contribution in [0.15, 0.2) is 72.8 Å². The van der Waals surface area contributed by atoms with Crippen molar-refractivity contribution in [2.75, 3.05) is 37.9 Å². The monoisotopic (exact) mass is 808 g/mol. The molecule has 58 heavy (non-hydrogen) atoms. The second kappa shape index (κ2) is 20.6. The van der Waals surface area contributed by atoms with E-state index in [0.29, 0.717) is 46.5 Å². The van der Waals surface area contributed by atoms with Crippen LogP contribution in [0, 0.1) is 0 Å². The van der Waals surface area contributed by atoms with Gasteiger partial charge in [-0.15, -0.1) is 11.3 Å². The number of nitrogens with zero attached hydrogens (tertiary/aromatic N) is 2. The fourth-order valence-corrected chi connectivity index (χ4v) is 8.70. The Kier molecular flexibility index (Phi) is 15.7. The predicted molar refractivity (Wildman–Crippen MR) is 233 cm³/mol. The van der Waals surface area contributed by atoms with Crippen LogP contribution in [0.5, 0.6) is 0 Å². The summed E-state index contributed by atoms with van der Waals surface area (Å²) in [5.74, 6) is -0.815. The first-order valence-corrected chi connectivity index (χ1v) is 21.4. The highest BCUT2D eigenvalue weighted by Gasteiger charge is 2.27. The van der Waals surface area contributed by atoms with Crippen LogP contribution in [0.4, 0.5) is 15.5 Å². The summed E-state index contributed by atoms with van der Waals surface area (Å²) in [4.78, 5) is 57.4. The average molecular weight is 809 g/mol. The topological polar surface area (TPSA) is 117 Å². The number of fused-ring (bicyclic) bond motifs is 1. The van der Waals surface area contributed by atoms with E-state index in [-0.39, 0.29) is 23.9 Å². The number of rotatable bonds is 17. The predicted octanol–water partition coefficient (Wildman–Crippen LogP) is 9.95. The summed E-state index contributed by atoms with van der Waals surface area (Å²) >= 11 is 1.51. The summed E-state index contributed by atoms with van der Waals surface area (Å²) in [5, 5.41) is 6.82. The lowest BCUT2D eigenvalue weighted by molar-refractivity contribution is 0.0288. The van der Waals surface area contributed by atoms with E-state index in [9.17, 15) is 19.2 Å². The highest BCUT2D eigenvalue weighted by atomic mass is 32.1. The van der Waals surface area contributed by atoms with E-state index >= 15 is 0 Å². The van der Waals surface area contributed by atoms with E-state index in [1.165, 1.54) is 18.4 Å². The Labute approximate surface area is 348 Å². The van der Waals surface area contributed by atoms with Gasteiger partial charge >= 0.3 is 12.1 Å². The number of methoxy groups -OCH3 is 1. The summed E-state index contributed by atoms with van der Waals surface area (Å²) in [6, 6.07) is 23.4. The molecule has 5 rings (SSSR count). The van der Waals surface area contributed by atoms with Crippen molar-refractivity contribution in [3.05, 3.63) is 117 Å². The summed E-state index contributed by atoms with van der Waals surface area (Å²) < 4.78 is 10.3. The Morgan fingerprint density at radius 2 is 1.45 bits per heavy atom. The third-order valence-corrected chi connectivity index (χ3v) is 11.8. The Morgan fingerprint density at radius 1 is 0.793 bits per heavy atom. The summed E-state index contributed by atoms with van der Waals surface area (Å²) in [5.41, 5.74) is 6.09. The van der Waals surface area contributed by atoms with Crippen LogP contribution in [0.2, 0.25) is 0 Å². The number of esters is 1. The van der Waals surface area contributed by atoms with Gasteiger partial charge in [-0.25, -0.2) is 9.59 Å². The van der Waals surface area contributed by atoms with E-state index in [1.807, 2.05) is 75.4 Å². The van der Waals surface area contributed by atoms with Crippen molar-refractivity contribution in [1.29, 1.82) is 0 Å². The molecule has 3 amide bonds. The van der Waals surface area contributed by atoms with Crippen LogP contribution in [-0.4, -0.2) is 72.6 Å². The lowest BCUT2D eigenvalue weighted by Crippen LogP contribution is -2.38. The smallest absolute Gasteiger partial charge is 0.410 e. The van der Waals surface area contributed by atoms with Gasteiger partial charge in [-0.05, 0) is 137 Å². The summed E-state index contributed by atoms with van der Waals surface area (Å²) in [6.45, 7) is 12.0. The minimum Gasteiger partial charge on any atom is -0.465 e. The maximum Gasteiger partial charge on any atom is 0.410 e. The molecular formula is C47H60N4O6S. The Bertz CT molecular complexity index is 2010. The van der Waals surface area contributed by atoms with Crippen molar-refractivity contribution in [3.63, 3.8) is 0 Å². The van der Waals surface area contributed by atoms with Gasteiger partial charge in [0.15, 0.2) is 0 Å². The molecule has 3 aromatic carbocycles. The van der Waals surface area contributed by atoms with Gasteiger partial charge in [-0.2, -0.15) is 0 Å². The molecule has 1 aliphatic carbocycles. The second-order valence-corrected chi connectivity index (χ2v) is 17.2. The third-order valence-electron chi connectivity index (χ3n) is 10.6. The summed E-state index contributed by atoms with van der Waals surface area (Å²) in [6.07, 6.45) is 7.84. The molecule has 0 saturated heterocycles. The zero-order valence-electron chi connectivity index (χ0n) is 35.2. The van der Waals surface area contributed by atoms with Gasteiger partial charge in [0.25, 0.3) is 11.8 Å². The molecule has 0 fully saturated rings. The molecule has 2 N–H and O–H groups in total.